The first-order chi connectivity index (χ1) is 8.69. The Morgan fingerprint density at radius 3 is 2.53 bits per heavy atom. The van der Waals surface area contributed by atoms with Crippen LogP contribution in [0, 0.1) is 5.82 Å². The van der Waals surface area contributed by atoms with E-state index in [-0.39, 0.29) is 23.6 Å². The molecular weight excluding hydrogens is 315 g/mol. The molecule has 0 heterocycles. The van der Waals surface area contributed by atoms with Gasteiger partial charge in [-0.3, -0.25) is 9.59 Å². The molecule has 4 nitrogen and oxygen atoms in total. The largest absolute Gasteiger partial charge is 0.350 e. The van der Waals surface area contributed by atoms with Gasteiger partial charge in [0.1, 0.15) is 5.82 Å². The van der Waals surface area contributed by atoms with Crippen LogP contribution in [-0.2, 0) is 4.79 Å². The number of amides is 2. The minimum absolute atomic E-state index is 0.154. The summed E-state index contributed by atoms with van der Waals surface area (Å²) >= 11 is 3.16. The molecule has 0 aliphatic heterocycles. The maximum Gasteiger partial charge on any atom is 0.252 e. The van der Waals surface area contributed by atoms with Crippen molar-refractivity contribution in [2.24, 2.45) is 0 Å². The van der Waals surface area contributed by atoms with E-state index in [0.717, 1.165) is 6.07 Å². The van der Waals surface area contributed by atoms with Crippen molar-refractivity contribution in [2.75, 3.05) is 6.54 Å². The molecule has 0 aliphatic carbocycles. The van der Waals surface area contributed by atoms with E-state index >= 15 is 0 Å². The lowest BCUT2D eigenvalue weighted by Gasteiger charge is -2.20. The second kappa shape index (κ2) is 6.14. The Labute approximate surface area is 119 Å². The van der Waals surface area contributed by atoms with Crippen LogP contribution in [0.4, 0.5) is 4.39 Å². The van der Waals surface area contributed by atoms with Gasteiger partial charge in [-0.2, -0.15) is 0 Å². The first-order valence-corrected chi connectivity index (χ1v) is 6.52. The molecule has 0 fully saturated rings. The van der Waals surface area contributed by atoms with Crippen LogP contribution in [0.15, 0.2) is 22.7 Å². The molecule has 19 heavy (non-hydrogen) atoms. The third-order valence-electron chi connectivity index (χ3n) is 2.10. The molecule has 0 unspecified atom stereocenters. The van der Waals surface area contributed by atoms with Crippen LogP contribution in [-0.4, -0.2) is 23.9 Å². The van der Waals surface area contributed by atoms with Crippen LogP contribution in [0.1, 0.15) is 31.1 Å². The fraction of sp³-hybridized carbons (Fsp3) is 0.385. The van der Waals surface area contributed by atoms with Gasteiger partial charge in [0.15, 0.2) is 0 Å². The normalized spacial score (nSPS) is 11.0. The van der Waals surface area contributed by atoms with E-state index in [4.69, 9.17) is 0 Å². The Kier molecular flexibility index (Phi) is 5.05. The predicted molar refractivity (Wildman–Crippen MR) is 74.3 cm³/mol. The lowest BCUT2D eigenvalue weighted by atomic mass is 10.1. The second-order valence-electron chi connectivity index (χ2n) is 5.11. The van der Waals surface area contributed by atoms with Crippen LogP contribution in [0.5, 0.6) is 0 Å². The van der Waals surface area contributed by atoms with Gasteiger partial charge in [-0.1, -0.05) is 0 Å². The summed E-state index contributed by atoms with van der Waals surface area (Å²) in [5.74, 6) is -1.31. The number of carbonyl (C=O) groups is 2. The third kappa shape index (κ3) is 5.38. The number of benzene rings is 1. The lowest BCUT2D eigenvalue weighted by Crippen LogP contribution is -2.45. The molecule has 0 aromatic heterocycles. The third-order valence-corrected chi connectivity index (χ3v) is 2.79. The maximum atomic E-state index is 13.0. The van der Waals surface area contributed by atoms with E-state index in [1.165, 1.54) is 12.1 Å². The van der Waals surface area contributed by atoms with Crippen molar-refractivity contribution < 1.29 is 14.0 Å². The summed E-state index contributed by atoms with van der Waals surface area (Å²) in [6, 6.07) is 3.80. The van der Waals surface area contributed by atoms with E-state index in [1.54, 1.807) is 0 Å². The molecule has 0 bridgehead atoms. The summed E-state index contributed by atoms with van der Waals surface area (Å²) in [6.07, 6.45) is 0. The smallest absolute Gasteiger partial charge is 0.252 e. The Bertz CT molecular complexity index is 498. The standard InChI is InChI=1S/C13H16BrFN2O2/c1-13(2,3)17-11(18)7-16-12(19)9-6-8(15)4-5-10(9)14/h4-6H,7H2,1-3H3,(H,16,19)(H,17,18). The molecular formula is C13H16BrFN2O2. The van der Waals surface area contributed by atoms with Gasteiger partial charge in [0.2, 0.25) is 5.91 Å². The molecule has 0 atom stereocenters. The van der Waals surface area contributed by atoms with Gasteiger partial charge in [-0.05, 0) is 54.9 Å². The quantitative estimate of drug-likeness (QED) is 0.892. The van der Waals surface area contributed by atoms with E-state index in [1.807, 2.05) is 20.8 Å². The highest BCUT2D eigenvalue weighted by atomic mass is 79.9. The molecule has 1 aromatic carbocycles. The first kappa shape index (κ1) is 15.6. The summed E-state index contributed by atoms with van der Waals surface area (Å²) in [5.41, 5.74) is -0.204. The van der Waals surface area contributed by atoms with Gasteiger partial charge in [-0.15, -0.1) is 0 Å². The predicted octanol–water partition coefficient (Wildman–Crippen LogP) is 2.23. The van der Waals surface area contributed by atoms with Crippen molar-refractivity contribution in [3.8, 4) is 0 Å². The molecule has 1 rings (SSSR count). The zero-order chi connectivity index (χ0) is 14.6. The number of rotatable bonds is 3. The topological polar surface area (TPSA) is 58.2 Å². The van der Waals surface area contributed by atoms with Gasteiger partial charge in [0.25, 0.3) is 5.91 Å². The van der Waals surface area contributed by atoms with Crippen molar-refractivity contribution in [3.05, 3.63) is 34.1 Å². The van der Waals surface area contributed by atoms with Gasteiger partial charge in [0.05, 0.1) is 12.1 Å². The molecule has 0 saturated carbocycles. The summed E-state index contributed by atoms with van der Waals surface area (Å²) < 4.78 is 13.5. The zero-order valence-corrected chi connectivity index (χ0v) is 12.6. The van der Waals surface area contributed by atoms with Crippen molar-refractivity contribution in [1.82, 2.24) is 10.6 Å². The molecule has 1 aromatic rings. The number of hydrogen-bond donors (Lipinski definition) is 2. The van der Waals surface area contributed by atoms with Gasteiger partial charge >= 0.3 is 0 Å². The number of halogens is 2. The van der Waals surface area contributed by atoms with E-state index in [9.17, 15) is 14.0 Å². The van der Waals surface area contributed by atoms with Crippen LogP contribution in [0.25, 0.3) is 0 Å². The molecule has 6 heteroatoms. The Balaban J connectivity index is 2.61. The number of carbonyl (C=O) groups excluding carboxylic acids is 2. The number of hydrogen-bond acceptors (Lipinski definition) is 2. The van der Waals surface area contributed by atoms with Crippen LogP contribution < -0.4 is 10.6 Å². The average Bonchev–Trinajstić information content (AvgIpc) is 2.27. The lowest BCUT2D eigenvalue weighted by molar-refractivity contribution is -0.121. The summed E-state index contributed by atoms with van der Waals surface area (Å²) in [5, 5.41) is 5.15. The molecule has 0 spiro atoms. The fourth-order valence-corrected chi connectivity index (χ4v) is 1.82. The Morgan fingerprint density at radius 2 is 1.95 bits per heavy atom. The Morgan fingerprint density at radius 1 is 1.32 bits per heavy atom. The first-order valence-electron chi connectivity index (χ1n) is 5.73. The van der Waals surface area contributed by atoms with Gasteiger partial charge in [0, 0.05) is 10.0 Å². The van der Waals surface area contributed by atoms with E-state index in [0.29, 0.717) is 4.47 Å². The van der Waals surface area contributed by atoms with Gasteiger partial charge < -0.3 is 10.6 Å². The fourth-order valence-electron chi connectivity index (χ4n) is 1.39. The van der Waals surface area contributed by atoms with E-state index < -0.39 is 11.7 Å². The SMILES string of the molecule is CC(C)(C)NC(=O)CNC(=O)c1cc(F)ccc1Br. The highest BCUT2D eigenvalue weighted by Crippen LogP contribution is 2.17. The minimum atomic E-state index is -0.507. The van der Waals surface area contributed by atoms with Gasteiger partial charge in [-0.25, -0.2) is 4.39 Å². The number of nitrogens with one attached hydrogen (secondary N) is 2. The van der Waals surface area contributed by atoms with Crippen LogP contribution in [0.3, 0.4) is 0 Å². The molecule has 0 saturated heterocycles. The van der Waals surface area contributed by atoms with Crippen LogP contribution >= 0.6 is 15.9 Å². The Hall–Kier alpha value is -1.43. The zero-order valence-electron chi connectivity index (χ0n) is 11.0. The molecule has 2 amide bonds. The molecule has 2 N–H and O–H groups in total. The summed E-state index contributed by atoms with van der Waals surface area (Å²) in [6.45, 7) is 5.38. The highest BCUT2D eigenvalue weighted by Gasteiger charge is 2.16. The molecule has 104 valence electrons. The average molecular weight is 331 g/mol. The van der Waals surface area contributed by atoms with Crippen molar-refractivity contribution >= 4 is 27.7 Å². The van der Waals surface area contributed by atoms with Crippen molar-refractivity contribution in [3.63, 3.8) is 0 Å². The van der Waals surface area contributed by atoms with E-state index in [2.05, 4.69) is 26.6 Å². The summed E-state index contributed by atoms with van der Waals surface area (Å²) in [4.78, 5) is 23.3. The molecule has 0 radical (unpaired) electrons. The molecule has 0 aliphatic rings. The highest BCUT2D eigenvalue weighted by molar-refractivity contribution is 9.10. The minimum Gasteiger partial charge on any atom is -0.350 e. The second-order valence-corrected chi connectivity index (χ2v) is 5.96. The van der Waals surface area contributed by atoms with Crippen molar-refractivity contribution in [2.45, 2.75) is 26.3 Å². The van der Waals surface area contributed by atoms with Crippen molar-refractivity contribution in [1.29, 1.82) is 0 Å². The monoisotopic (exact) mass is 330 g/mol. The maximum absolute atomic E-state index is 13.0. The summed E-state index contributed by atoms with van der Waals surface area (Å²) in [7, 11) is 0. The van der Waals surface area contributed by atoms with Crippen LogP contribution in [0.2, 0.25) is 0 Å².